The average molecular weight is 381 g/mol. The molecular formula is C16H15NO8S. The van der Waals surface area contributed by atoms with Crippen molar-refractivity contribution in [3.63, 3.8) is 0 Å². The summed E-state index contributed by atoms with van der Waals surface area (Å²) in [6.45, 7) is 0. The van der Waals surface area contributed by atoms with Crippen LogP contribution in [0.25, 0.3) is 0 Å². The first-order valence-electron chi connectivity index (χ1n) is 7.10. The second kappa shape index (κ2) is 7.40. The predicted octanol–water partition coefficient (Wildman–Crippen LogP) is 2.59. The van der Waals surface area contributed by atoms with Crippen molar-refractivity contribution in [2.75, 3.05) is 20.5 Å². The number of nitro groups is 1. The Hall–Kier alpha value is -3.14. The maximum absolute atomic E-state index is 11.9. The van der Waals surface area contributed by atoms with Crippen LogP contribution in [0.5, 0.6) is 17.2 Å². The lowest BCUT2D eigenvalue weighted by Crippen LogP contribution is -2.05. The molecule has 0 aromatic heterocycles. The first-order valence-corrected chi connectivity index (χ1v) is 8.99. The van der Waals surface area contributed by atoms with Crippen LogP contribution in [-0.2, 0) is 14.6 Å². The summed E-state index contributed by atoms with van der Waals surface area (Å²) in [5.74, 6) is -0.631. The monoisotopic (exact) mass is 381 g/mol. The Labute approximate surface area is 149 Å². The van der Waals surface area contributed by atoms with Gasteiger partial charge in [-0.3, -0.25) is 10.1 Å². The van der Waals surface area contributed by atoms with Crippen LogP contribution in [-0.4, -0.2) is 39.8 Å². The highest BCUT2D eigenvalue weighted by Crippen LogP contribution is 2.36. The number of carbonyl (C=O) groups is 1. The topological polar surface area (TPSA) is 122 Å². The van der Waals surface area contributed by atoms with Crippen molar-refractivity contribution in [3.05, 3.63) is 52.1 Å². The van der Waals surface area contributed by atoms with Crippen LogP contribution in [0.4, 0.5) is 5.69 Å². The van der Waals surface area contributed by atoms with Gasteiger partial charge in [-0.05, 0) is 24.3 Å². The van der Waals surface area contributed by atoms with Crippen LogP contribution in [0, 0.1) is 10.1 Å². The lowest BCUT2D eigenvalue weighted by molar-refractivity contribution is -0.385. The van der Waals surface area contributed by atoms with E-state index in [2.05, 4.69) is 4.74 Å². The highest BCUT2D eigenvalue weighted by molar-refractivity contribution is 7.90. The van der Waals surface area contributed by atoms with E-state index in [0.717, 1.165) is 18.4 Å². The van der Waals surface area contributed by atoms with Gasteiger partial charge >= 0.3 is 11.7 Å². The highest BCUT2D eigenvalue weighted by atomic mass is 32.2. The summed E-state index contributed by atoms with van der Waals surface area (Å²) in [5.41, 5.74) is -0.540. The van der Waals surface area contributed by atoms with Gasteiger partial charge < -0.3 is 14.2 Å². The molecule has 0 saturated carbocycles. The zero-order valence-electron chi connectivity index (χ0n) is 14.1. The largest absolute Gasteiger partial charge is 0.497 e. The number of nitrogens with zero attached hydrogens (tertiary/aromatic N) is 1. The van der Waals surface area contributed by atoms with Gasteiger partial charge in [-0.25, -0.2) is 13.2 Å². The van der Waals surface area contributed by atoms with Crippen molar-refractivity contribution in [3.8, 4) is 17.2 Å². The zero-order chi connectivity index (χ0) is 19.5. The summed E-state index contributed by atoms with van der Waals surface area (Å²) >= 11 is 0. The molecule has 0 N–H and O–H groups in total. The Kier molecular flexibility index (Phi) is 5.46. The molecule has 26 heavy (non-hydrogen) atoms. The molecule has 0 fully saturated rings. The molecule has 0 heterocycles. The van der Waals surface area contributed by atoms with Crippen LogP contribution < -0.4 is 9.47 Å². The van der Waals surface area contributed by atoms with Gasteiger partial charge in [0.05, 0.1) is 24.0 Å². The maximum atomic E-state index is 11.9. The minimum absolute atomic E-state index is 0.0230. The molecule has 138 valence electrons. The quantitative estimate of drug-likeness (QED) is 0.425. The number of hydrogen-bond acceptors (Lipinski definition) is 8. The molecule has 2 rings (SSSR count). The Morgan fingerprint density at radius 2 is 1.77 bits per heavy atom. The molecular weight excluding hydrogens is 366 g/mol. The fourth-order valence-electron chi connectivity index (χ4n) is 2.07. The summed E-state index contributed by atoms with van der Waals surface area (Å²) in [6, 6.07) is 7.46. The van der Waals surface area contributed by atoms with Crippen LogP contribution in [0.2, 0.25) is 0 Å². The van der Waals surface area contributed by atoms with Crippen LogP contribution in [0.3, 0.4) is 0 Å². The van der Waals surface area contributed by atoms with E-state index >= 15 is 0 Å². The minimum atomic E-state index is -3.64. The molecule has 2 aromatic carbocycles. The molecule has 0 amide bonds. The number of carbonyl (C=O) groups excluding carboxylic acids is 1. The molecule has 0 bridgehead atoms. The van der Waals surface area contributed by atoms with Crippen molar-refractivity contribution in [1.29, 1.82) is 0 Å². The van der Waals surface area contributed by atoms with E-state index in [9.17, 15) is 23.3 Å². The number of esters is 1. The lowest BCUT2D eigenvalue weighted by atomic mass is 10.2. The molecule has 2 aromatic rings. The third-order valence-electron chi connectivity index (χ3n) is 3.37. The lowest BCUT2D eigenvalue weighted by Gasteiger charge is -2.12. The third kappa shape index (κ3) is 4.09. The summed E-state index contributed by atoms with van der Waals surface area (Å²) < 4.78 is 38.4. The smallest absolute Gasteiger partial charge is 0.341 e. The van der Waals surface area contributed by atoms with E-state index < -0.39 is 26.4 Å². The SMILES string of the molecule is COC(=O)c1ccc(OC)cc1Oc1ccc(S(C)(=O)=O)cc1[N+](=O)[O-]. The molecule has 9 nitrogen and oxygen atoms in total. The number of hydrogen-bond donors (Lipinski definition) is 0. The van der Waals surface area contributed by atoms with Crippen LogP contribution in [0.1, 0.15) is 10.4 Å². The van der Waals surface area contributed by atoms with Gasteiger partial charge in [0.1, 0.15) is 17.1 Å². The number of nitro benzene ring substituents is 1. The fraction of sp³-hybridized carbons (Fsp3) is 0.188. The first kappa shape index (κ1) is 19.2. The Morgan fingerprint density at radius 1 is 1.08 bits per heavy atom. The number of sulfone groups is 1. The van der Waals surface area contributed by atoms with Crippen molar-refractivity contribution in [2.24, 2.45) is 0 Å². The third-order valence-corrected chi connectivity index (χ3v) is 4.48. The summed E-state index contributed by atoms with van der Waals surface area (Å²) in [4.78, 5) is 22.2. The maximum Gasteiger partial charge on any atom is 0.341 e. The van der Waals surface area contributed by atoms with Crippen molar-refractivity contribution < 1.29 is 32.3 Å². The first-order chi connectivity index (χ1) is 12.2. The van der Waals surface area contributed by atoms with Crippen molar-refractivity contribution >= 4 is 21.5 Å². The second-order valence-corrected chi connectivity index (χ2v) is 7.13. The average Bonchev–Trinajstić information content (AvgIpc) is 2.60. The molecule has 0 atom stereocenters. The van der Waals surface area contributed by atoms with E-state index in [-0.39, 0.29) is 22.0 Å². The minimum Gasteiger partial charge on any atom is -0.497 e. The van der Waals surface area contributed by atoms with E-state index in [4.69, 9.17) is 9.47 Å². The van der Waals surface area contributed by atoms with Crippen molar-refractivity contribution in [2.45, 2.75) is 4.90 Å². The molecule has 10 heteroatoms. The van der Waals surface area contributed by atoms with E-state index in [1.54, 1.807) is 0 Å². The normalized spacial score (nSPS) is 10.9. The van der Waals surface area contributed by atoms with Gasteiger partial charge in [-0.1, -0.05) is 0 Å². The molecule has 0 aliphatic rings. The summed E-state index contributed by atoms with van der Waals surface area (Å²) in [6.07, 6.45) is 0.935. The van der Waals surface area contributed by atoms with Gasteiger partial charge in [0.2, 0.25) is 5.75 Å². The Bertz CT molecular complexity index is 968. The predicted molar refractivity (Wildman–Crippen MR) is 90.6 cm³/mol. The molecule has 0 unspecified atom stereocenters. The van der Waals surface area contributed by atoms with Gasteiger partial charge in [-0.2, -0.15) is 0 Å². The number of ether oxygens (including phenoxy) is 3. The van der Waals surface area contributed by atoms with Crippen molar-refractivity contribution in [1.82, 2.24) is 0 Å². The highest BCUT2D eigenvalue weighted by Gasteiger charge is 2.23. The molecule has 0 aliphatic carbocycles. The fourth-order valence-corrected chi connectivity index (χ4v) is 2.71. The molecule has 0 aliphatic heterocycles. The summed E-state index contributed by atoms with van der Waals surface area (Å²) in [7, 11) is -1.06. The number of methoxy groups -OCH3 is 2. The van der Waals surface area contributed by atoms with Gasteiger partial charge in [0.25, 0.3) is 0 Å². The second-order valence-electron chi connectivity index (χ2n) is 5.11. The van der Waals surface area contributed by atoms with Gasteiger partial charge in [0.15, 0.2) is 9.84 Å². The number of benzene rings is 2. The van der Waals surface area contributed by atoms with E-state index in [1.807, 2.05) is 0 Å². The summed E-state index contributed by atoms with van der Waals surface area (Å²) in [5, 5.41) is 11.3. The van der Waals surface area contributed by atoms with Gasteiger partial charge in [0, 0.05) is 18.4 Å². The molecule has 0 spiro atoms. The van der Waals surface area contributed by atoms with Crippen LogP contribution >= 0.6 is 0 Å². The zero-order valence-corrected chi connectivity index (χ0v) is 14.9. The molecule has 0 saturated heterocycles. The van der Waals surface area contributed by atoms with E-state index in [1.165, 1.54) is 38.5 Å². The Balaban J connectivity index is 2.57. The standard InChI is InChI=1S/C16H15NO8S/c1-23-10-4-6-12(16(18)24-2)15(8-10)25-14-7-5-11(26(3,21)22)9-13(14)17(19)20/h4-9H,1-3H3. The number of rotatable bonds is 6. The van der Waals surface area contributed by atoms with E-state index in [0.29, 0.717) is 5.75 Å². The Morgan fingerprint density at radius 3 is 2.31 bits per heavy atom. The van der Waals surface area contributed by atoms with Gasteiger partial charge in [-0.15, -0.1) is 0 Å². The molecule has 0 radical (unpaired) electrons. The van der Waals surface area contributed by atoms with Crippen LogP contribution in [0.15, 0.2) is 41.3 Å².